The maximum Gasteiger partial charge on any atom is 0.338 e. The fraction of sp³-hybridized carbons (Fsp3) is 0.429. The van der Waals surface area contributed by atoms with E-state index in [1.807, 2.05) is 6.92 Å². The number of hydrogen-bond acceptors (Lipinski definition) is 2. The molecule has 5 nitrogen and oxygen atoms in total. The zero-order chi connectivity index (χ0) is 14.7. The Labute approximate surface area is 116 Å². The quantitative estimate of drug-likeness (QED) is 0.871. The molecule has 1 aliphatic carbocycles. The number of rotatable bonds is 5. The monoisotopic (exact) mass is 280 g/mol. The van der Waals surface area contributed by atoms with E-state index >= 15 is 0 Å². The second kappa shape index (κ2) is 5.90. The number of aromatic carboxylic acids is 1. The molecule has 108 valence electrons. The number of benzene rings is 1. The largest absolute Gasteiger partial charge is 0.478 e. The van der Waals surface area contributed by atoms with E-state index in [9.17, 15) is 14.0 Å². The summed E-state index contributed by atoms with van der Waals surface area (Å²) in [6.07, 6.45) is 2.28. The maximum absolute atomic E-state index is 13.3. The lowest BCUT2D eigenvalue weighted by atomic mass is 10.2. The van der Waals surface area contributed by atoms with Crippen LogP contribution in [0.5, 0.6) is 0 Å². The number of hydrogen-bond donors (Lipinski definition) is 2. The van der Waals surface area contributed by atoms with E-state index in [-0.39, 0.29) is 11.7 Å². The summed E-state index contributed by atoms with van der Waals surface area (Å²) < 4.78 is 13.3. The fourth-order valence-electron chi connectivity index (χ4n) is 1.94. The smallest absolute Gasteiger partial charge is 0.338 e. The molecule has 0 atom stereocenters. The number of halogens is 1. The Morgan fingerprint density at radius 3 is 2.70 bits per heavy atom. The van der Waals surface area contributed by atoms with Gasteiger partial charge in [0.25, 0.3) is 0 Å². The zero-order valence-corrected chi connectivity index (χ0v) is 11.2. The number of carboxylic acids is 1. The molecule has 2 N–H and O–H groups in total. The summed E-state index contributed by atoms with van der Waals surface area (Å²) in [5.41, 5.74) is -0.170. The lowest BCUT2D eigenvalue weighted by Gasteiger charge is -2.21. The molecule has 0 bridgehead atoms. The number of anilines is 1. The molecule has 0 radical (unpaired) electrons. The Morgan fingerprint density at radius 1 is 1.45 bits per heavy atom. The fourth-order valence-corrected chi connectivity index (χ4v) is 1.94. The Bertz CT molecular complexity index is 529. The number of carboxylic acid groups (broad SMARTS) is 1. The molecule has 0 unspecified atom stereocenters. The van der Waals surface area contributed by atoms with Crippen LogP contribution in [0.1, 0.15) is 30.1 Å². The average Bonchev–Trinajstić information content (AvgIpc) is 3.21. The van der Waals surface area contributed by atoms with Crippen LogP contribution in [0.15, 0.2) is 18.2 Å². The highest BCUT2D eigenvalue weighted by molar-refractivity contribution is 5.93. The summed E-state index contributed by atoms with van der Waals surface area (Å²) in [6.45, 7) is 3.17. The van der Waals surface area contributed by atoms with Crippen LogP contribution in [0, 0.1) is 11.7 Å². The van der Waals surface area contributed by atoms with E-state index < -0.39 is 17.3 Å². The molecule has 1 saturated carbocycles. The summed E-state index contributed by atoms with van der Waals surface area (Å²) >= 11 is 0. The van der Waals surface area contributed by atoms with Crippen molar-refractivity contribution in [2.45, 2.75) is 19.8 Å². The molecular formula is C14H17FN2O3. The first-order valence-electron chi connectivity index (χ1n) is 6.60. The Balaban J connectivity index is 2.06. The predicted octanol–water partition coefficient (Wildman–Crippen LogP) is 2.79. The van der Waals surface area contributed by atoms with Crippen molar-refractivity contribution in [3.05, 3.63) is 29.6 Å². The molecule has 1 aromatic carbocycles. The Kier molecular flexibility index (Phi) is 4.22. The van der Waals surface area contributed by atoms with Crippen molar-refractivity contribution in [3.8, 4) is 0 Å². The van der Waals surface area contributed by atoms with Crippen LogP contribution >= 0.6 is 0 Å². The van der Waals surface area contributed by atoms with Gasteiger partial charge in [0.05, 0.1) is 5.56 Å². The normalized spacial score (nSPS) is 13.9. The summed E-state index contributed by atoms with van der Waals surface area (Å²) in [4.78, 5) is 24.6. The lowest BCUT2D eigenvalue weighted by molar-refractivity contribution is 0.0692. The predicted molar refractivity (Wildman–Crippen MR) is 72.3 cm³/mol. The molecule has 2 rings (SSSR count). The minimum absolute atomic E-state index is 0.281. The van der Waals surface area contributed by atoms with E-state index in [1.165, 1.54) is 6.07 Å². The van der Waals surface area contributed by atoms with Crippen molar-refractivity contribution in [2.24, 2.45) is 5.92 Å². The van der Waals surface area contributed by atoms with Crippen LogP contribution < -0.4 is 5.32 Å². The van der Waals surface area contributed by atoms with Gasteiger partial charge in [0.15, 0.2) is 0 Å². The highest BCUT2D eigenvalue weighted by Crippen LogP contribution is 2.29. The van der Waals surface area contributed by atoms with E-state index in [1.54, 1.807) is 4.90 Å². The van der Waals surface area contributed by atoms with Crippen molar-refractivity contribution in [1.29, 1.82) is 0 Å². The molecule has 0 aliphatic heterocycles. The second-order valence-corrected chi connectivity index (χ2v) is 4.91. The van der Waals surface area contributed by atoms with Gasteiger partial charge in [0.1, 0.15) is 5.82 Å². The second-order valence-electron chi connectivity index (χ2n) is 4.91. The van der Waals surface area contributed by atoms with Crippen LogP contribution in [0.25, 0.3) is 0 Å². The zero-order valence-electron chi connectivity index (χ0n) is 11.2. The molecule has 6 heteroatoms. The Hall–Kier alpha value is -2.11. The molecule has 0 aromatic heterocycles. The van der Waals surface area contributed by atoms with Gasteiger partial charge >= 0.3 is 12.0 Å². The van der Waals surface area contributed by atoms with Crippen molar-refractivity contribution < 1.29 is 19.1 Å². The maximum atomic E-state index is 13.3. The van der Waals surface area contributed by atoms with Gasteiger partial charge in [0.2, 0.25) is 0 Å². The van der Waals surface area contributed by atoms with Crippen molar-refractivity contribution in [1.82, 2.24) is 4.90 Å². The number of amides is 2. The number of carbonyl (C=O) groups is 2. The number of carbonyl (C=O) groups excluding carboxylic acids is 1. The first kappa shape index (κ1) is 14.3. The highest BCUT2D eigenvalue weighted by Gasteiger charge is 2.26. The van der Waals surface area contributed by atoms with Crippen LogP contribution in [-0.2, 0) is 0 Å². The molecule has 1 aromatic rings. The third kappa shape index (κ3) is 3.46. The molecule has 0 spiro atoms. The summed E-state index contributed by atoms with van der Waals surface area (Å²) in [6, 6.07) is 3.23. The van der Waals surface area contributed by atoms with E-state index in [2.05, 4.69) is 5.32 Å². The summed E-state index contributed by atoms with van der Waals surface area (Å²) in [5.74, 6) is -1.60. The van der Waals surface area contributed by atoms with Gasteiger partial charge < -0.3 is 15.3 Å². The van der Waals surface area contributed by atoms with Crippen LogP contribution in [-0.4, -0.2) is 35.1 Å². The van der Waals surface area contributed by atoms with Gasteiger partial charge in [-0.2, -0.15) is 0 Å². The van der Waals surface area contributed by atoms with Crippen molar-refractivity contribution in [2.75, 3.05) is 18.4 Å². The van der Waals surface area contributed by atoms with E-state index in [0.29, 0.717) is 19.0 Å². The van der Waals surface area contributed by atoms with Gasteiger partial charge in [-0.1, -0.05) is 0 Å². The van der Waals surface area contributed by atoms with Gasteiger partial charge in [-0.15, -0.1) is 0 Å². The highest BCUT2D eigenvalue weighted by atomic mass is 19.1. The Morgan fingerprint density at radius 2 is 2.15 bits per heavy atom. The van der Waals surface area contributed by atoms with Crippen LogP contribution in [0.3, 0.4) is 0 Å². The van der Waals surface area contributed by atoms with Gasteiger partial charge in [-0.25, -0.2) is 14.0 Å². The van der Waals surface area contributed by atoms with Crippen LogP contribution in [0.2, 0.25) is 0 Å². The number of nitrogens with one attached hydrogen (secondary N) is 1. The number of nitrogens with zero attached hydrogens (tertiary/aromatic N) is 1. The average molecular weight is 280 g/mol. The molecule has 1 fully saturated rings. The van der Waals surface area contributed by atoms with E-state index in [4.69, 9.17) is 5.11 Å². The lowest BCUT2D eigenvalue weighted by Crippen LogP contribution is -2.36. The van der Waals surface area contributed by atoms with Crippen LogP contribution in [0.4, 0.5) is 14.9 Å². The standard InChI is InChI=1S/C14H17FN2O3/c1-2-17(8-9-3-4-9)14(20)16-10-5-6-12(15)11(7-10)13(18)19/h5-7,9H,2-4,8H2,1H3,(H,16,20)(H,18,19). The molecule has 0 heterocycles. The van der Waals surface area contributed by atoms with Gasteiger partial charge in [-0.05, 0) is 43.9 Å². The molecule has 20 heavy (non-hydrogen) atoms. The van der Waals surface area contributed by atoms with Crippen molar-refractivity contribution >= 4 is 17.7 Å². The van der Waals surface area contributed by atoms with Crippen molar-refractivity contribution in [3.63, 3.8) is 0 Å². The first-order valence-corrected chi connectivity index (χ1v) is 6.60. The summed E-state index contributed by atoms with van der Waals surface area (Å²) in [5, 5.41) is 11.4. The first-order chi connectivity index (χ1) is 9.51. The topological polar surface area (TPSA) is 69.6 Å². The van der Waals surface area contributed by atoms with E-state index in [0.717, 1.165) is 25.0 Å². The number of urea groups is 1. The molecule has 0 saturated heterocycles. The third-order valence-electron chi connectivity index (χ3n) is 3.29. The minimum Gasteiger partial charge on any atom is -0.478 e. The SMILES string of the molecule is CCN(CC1CC1)C(=O)Nc1ccc(F)c(C(=O)O)c1. The third-order valence-corrected chi connectivity index (χ3v) is 3.29. The van der Waals surface area contributed by atoms with Gasteiger partial charge in [0, 0.05) is 18.8 Å². The molecular weight excluding hydrogens is 263 g/mol. The molecule has 2 amide bonds. The molecule has 1 aliphatic rings. The minimum atomic E-state index is -1.36. The summed E-state index contributed by atoms with van der Waals surface area (Å²) in [7, 11) is 0. The van der Waals surface area contributed by atoms with Gasteiger partial charge in [-0.3, -0.25) is 0 Å².